The van der Waals surface area contributed by atoms with E-state index in [9.17, 15) is 4.79 Å². The lowest BCUT2D eigenvalue weighted by Gasteiger charge is -2.15. The van der Waals surface area contributed by atoms with Crippen LogP contribution in [-0.4, -0.2) is 43.6 Å². The van der Waals surface area contributed by atoms with Crippen molar-refractivity contribution in [1.29, 1.82) is 0 Å². The first kappa shape index (κ1) is 15.8. The Bertz CT molecular complexity index is 671. The minimum Gasteiger partial charge on any atom is -0.493 e. The molecular formula is C17H20N2O3. The third-order valence-electron chi connectivity index (χ3n) is 3.52. The summed E-state index contributed by atoms with van der Waals surface area (Å²) in [5.74, 6) is 1.26. The number of hydrogen-bond donors (Lipinski definition) is 0. The minimum absolute atomic E-state index is 0.0441. The predicted molar refractivity (Wildman–Crippen MR) is 85.4 cm³/mol. The summed E-state index contributed by atoms with van der Waals surface area (Å²) in [7, 11) is 4.96. The molecule has 0 radical (unpaired) electrons. The van der Waals surface area contributed by atoms with E-state index < -0.39 is 0 Å². The van der Waals surface area contributed by atoms with Gasteiger partial charge in [-0.3, -0.25) is 9.78 Å². The summed E-state index contributed by atoms with van der Waals surface area (Å²) in [6.07, 6.45) is 3.31. The van der Waals surface area contributed by atoms with Crippen molar-refractivity contribution in [1.82, 2.24) is 9.88 Å². The summed E-state index contributed by atoms with van der Waals surface area (Å²) in [5, 5.41) is 0. The Kier molecular flexibility index (Phi) is 4.99. The number of nitrogens with zero attached hydrogens (tertiary/aromatic N) is 2. The van der Waals surface area contributed by atoms with Crippen LogP contribution in [0.2, 0.25) is 0 Å². The minimum atomic E-state index is -0.0441. The fourth-order valence-electron chi connectivity index (χ4n) is 2.09. The molecule has 2 aromatic rings. The number of carbonyl (C=O) groups is 1. The van der Waals surface area contributed by atoms with E-state index in [1.807, 2.05) is 31.2 Å². The van der Waals surface area contributed by atoms with E-state index in [4.69, 9.17) is 9.47 Å². The molecule has 116 valence electrons. The second kappa shape index (κ2) is 6.93. The zero-order valence-corrected chi connectivity index (χ0v) is 13.3. The van der Waals surface area contributed by atoms with Crippen molar-refractivity contribution in [3.05, 3.63) is 42.2 Å². The Hall–Kier alpha value is -2.56. The normalized spacial score (nSPS) is 10.2. The van der Waals surface area contributed by atoms with Crippen LogP contribution in [0.15, 0.2) is 36.7 Å². The van der Waals surface area contributed by atoms with Crippen LogP contribution in [0.4, 0.5) is 0 Å². The van der Waals surface area contributed by atoms with Crippen LogP contribution in [0, 0.1) is 0 Å². The largest absolute Gasteiger partial charge is 0.493 e. The summed E-state index contributed by atoms with van der Waals surface area (Å²) in [4.78, 5) is 18.0. The molecule has 2 rings (SSSR count). The monoisotopic (exact) mass is 300 g/mol. The molecule has 0 saturated carbocycles. The maximum atomic E-state index is 12.2. The molecule has 0 aliphatic carbocycles. The van der Waals surface area contributed by atoms with Gasteiger partial charge in [0.1, 0.15) is 0 Å². The van der Waals surface area contributed by atoms with Gasteiger partial charge in [-0.25, -0.2) is 0 Å². The molecule has 1 aromatic heterocycles. The molecule has 22 heavy (non-hydrogen) atoms. The molecule has 0 bridgehead atoms. The van der Waals surface area contributed by atoms with Gasteiger partial charge in [-0.15, -0.1) is 0 Å². The molecule has 0 atom stereocenters. The number of rotatable bonds is 5. The van der Waals surface area contributed by atoms with E-state index in [1.54, 1.807) is 38.6 Å². The summed E-state index contributed by atoms with van der Waals surface area (Å²) >= 11 is 0. The number of carbonyl (C=O) groups excluding carboxylic acids is 1. The van der Waals surface area contributed by atoms with Crippen molar-refractivity contribution in [3.63, 3.8) is 0 Å². The number of aromatic nitrogens is 1. The van der Waals surface area contributed by atoms with Crippen molar-refractivity contribution >= 4 is 5.91 Å². The molecule has 0 unspecified atom stereocenters. The van der Waals surface area contributed by atoms with E-state index >= 15 is 0 Å². The number of methoxy groups -OCH3 is 2. The SMILES string of the molecule is CCN(C)C(=O)c1cncc(-c2ccc(OC)c(OC)c2)c1. The van der Waals surface area contributed by atoms with Crippen molar-refractivity contribution in [2.75, 3.05) is 27.8 Å². The second-order valence-corrected chi connectivity index (χ2v) is 4.85. The lowest BCUT2D eigenvalue weighted by atomic mass is 10.0. The molecule has 0 aliphatic rings. The Labute approximate surface area is 130 Å². The summed E-state index contributed by atoms with van der Waals surface area (Å²) in [6.45, 7) is 2.59. The fraction of sp³-hybridized carbons (Fsp3) is 0.294. The zero-order valence-electron chi connectivity index (χ0n) is 13.3. The van der Waals surface area contributed by atoms with E-state index in [0.29, 0.717) is 23.6 Å². The van der Waals surface area contributed by atoms with Crippen molar-refractivity contribution in [2.45, 2.75) is 6.92 Å². The first-order valence-corrected chi connectivity index (χ1v) is 7.03. The molecule has 1 heterocycles. The van der Waals surface area contributed by atoms with E-state index in [2.05, 4.69) is 4.98 Å². The second-order valence-electron chi connectivity index (χ2n) is 4.85. The average Bonchev–Trinajstić information content (AvgIpc) is 2.59. The van der Waals surface area contributed by atoms with Gasteiger partial charge in [-0.2, -0.15) is 0 Å². The van der Waals surface area contributed by atoms with Gasteiger partial charge in [0.25, 0.3) is 5.91 Å². The first-order valence-electron chi connectivity index (χ1n) is 7.03. The molecule has 0 aliphatic heterocycles. The van der Waals surface area contributed by atoms with Crippen LogP contribution in [0.5, 0.6) is 11.5 Å². The van der Waals surface area contributed by atoms with E-state index in [0.717, 1.165) is 11.1 Å². The van der Waals surface area contributed by atoms with Crippen molar-refractivity contribution < 1.29 is 14.3 Å². The van der Waals surface area contributed by atoms with Crippen LogP contribution in [0.3, 0.4) is 0 Å². The molecule has 0 fully saturated rings. The Morgan fingerprint density at radius 3 is 2.45 bits per heavy atom. The number of ether oxygens (including phenoxy) is 2. The highest BCUT2D eigenvalue weighted by molar-refractivity contribution is 5.94. The van der Waals surface area contributed by atoms with Gasteiger partial charge in [0, 0.05) is 31.5 Å². The van der Waals surface area contributed by atoms with Crippen molar-refractivity contribution in [3.8, 4) is 22.6 Å². The third kappa shape index (κ3) is 3.19. The van der Waals surface area contributed by atoms with Gasteiger partial charge in [-0.05, 0) is 30.7 Å². The predicted octanol–water partition coefficient (Wildman–Crippen LogP) is 2.86. The van der Waals surface area contributed by atoms with Gasteiger partial charge in [0.15, 0.2) is 11.5 Å². The third-order valence-corrected chi connectivity index (χ3v) is 3.52. The molecule has 5 heteroatoms. The Morgan fingerprint density at radius 1 is 1.09 bits per heavy atom. The molecule has 0 spiro atoms. The van der Waals surface area contributed by atoms with Crippen LogP contribution >= 0.6 is 0 Å². The first-order chi connectivity index (χ1) is 10.6. The van der Waals surface area contributed by atoms with E-state index in [-0.39, 0.29) is 5.91 Å². The maximum Gasteiger partial charge on any atom is 0.255 e. The molecule has 0 N–H and O–H groups in total. The Balaban J connectivity index is 2.39. The van der Waals surface area contributed by atoms with Crippen LogP contribution in [0.1, 0.15) is 17.3 Å². The van der Waals surface area contributed by atoms with Crippen LogP contribution in [0.25, 0.3) is 11.1 Å². The summed E-state index contributed by atoms with van der Waals surface area (Å²) in [6, 6.07) is 7.45. The number of pyridine rings is 1. The molecule has 5 nitrogen and oxygen atoms in total. The van der Waals surface area contributed by atoms with Gasteiger partial charge in [0.2, 0.25) is 0 Å². The standard InChI is InChI=1S/C17H20N2O3/c1-5-19(2)17(20)14-8-13(10-18-11-14)12-6-7-15(21-3)16(9-12)22-4/h6-11H,5H2,1-4H3. The summed E-state index contributed by atoms with van der Waals surface area (Å²) < 4.78 is 10.5. The highest BCUT2D eigenvalue weighted by Crippen LogP contribution is 2.32. The molecule has 1 aromatic carbocycles. The number of hydrogen-bond acceptors (Lipinski definition) is 4. The van der Waals surface area contributed by atoms with E-state index in [1.165, 1.54) is 0 Å². The highest BCUT2D eigenvalue weighted by atomic mass is 16.5. The molecule has 1 amide bonds. The smallest absolute Gasteiger partial charge is 0.255 e. The summed E-state index contributed by atoms with van der Waals surface area (Å²) in [5.41, 5.74) is 2.34. The quantitative estimate of drug-likeness (QED) is 0.852. The molecular weight excluding hydrogens is 280 g/mol. The fourth-order valence-corrected chi connectivity index (χ4v) is 2.09. The van der Waals surface area contributed by atoms with Crippen LogP contribution < -0.4 is 9.47 Å². The topological polar surface area (TPSA) is 51.7 Å². The van der Waals surface area contributed by atoms with Gasteiger partial charge >= 0.3 is 0 Å². The number of benzene rings is 1. The van der Waals surface area contributed by atoms with Crippen LogP contribution in [-0.2, 0) is 0 Å². The maximum absolute atomic E-state index is 12.2. The molecule has 0 saturated heterocycles. The average molecular weight is 300 g/mol. The van der Waals surface area contributed by atoms with Gasteiger partial charge < -0.3 is 14.4 Å². The highest BCUT2D eigenvalue weighted by Gasteiger charge is 2.12. The van der Waals surface area contributed by atoms with Gasteiger partial charge in [0.05, 0.1) is 19.8 Å². The lowest BCUT2D eigenvalue weighted by molar-refractivity contribution is 0.0802. The van der Waals surface area contributed by atoms with Gasteiger partial charge in [-0.1, -0.05) is 6.07 Å². The zero-order chi connectivity index (χ0) is 16.1. The Morgan fingerprint density at radius 2 is 1.82 bits per heavy atom. The number of amides is 1. The lowest BCUT2D eigenvalue weighted by Crippen LogP contribution is -2.26. The van der Waals surface area contributed by atoms with Crippen molar-refractivity contribution in [2.24, 2.45) is 0 Å².